The molecule has 88 valence electrons. The minimum atomic E-state index is -0.861. The van der Waals surface area contributed by atoms with E-state index in [1.807, 2.05) is 0 Å². The molecule has 0 saturated heterocycles. The third-order valence-corrected chi connectivity index (χ3v) is 9.52. The van der Waals surface area contributed by atoms with Crippen molar-refractivity contribution in [3.8, 4) is 0 Å². The van der Waals surface area contributed by atoms with Crippen molar-refractivity contribution in [2.45, 2.75) is 76.5 Å². The van der Waals surface area contributed by atoms with Crippen LogP contribution in [0.15, 0.2) is 0 Å². The fraction of sp³-hybridized carbons (Fsp3) is 1.00. The maximum absolute atomic E-state index is 2.67. The summed E-state index contributed by atoms with van der Waals surface area (Å²) in [6.45, 7) is 7.67. The average molecular weight is 224 g/mol. The maximum Gasteiger partial charge on any atom is 0.0507 e. The van der Waals surface area contributed by atoms with E-state index in [0.717, 1.165) is 5.92 Å². The van der Waals surface area contributed by atoms with Gasteiger partial charge in [0.1, 0.15) is 0 Å². The molecule has 0 heterocycles. The molecule has 0 aromatic carbocycles. The van der Waals surface area contributed by atoms with E-state index in [1.54, 1.807) is 31.7 Å². The zero-order chi connectivity index (χ0) is 10.9. The minimum Gasteiger partial charge on any atom is -0.0691 e. The van der Waals surface area contributed by atoms with Crippen LogP contribution in [0, 0.1) is 11.8 Å². The van der Waals surface area contributed by atoms with Gasteiger partial charge < -0.3 is 0 Å². The first-order valence-electron chi connectivity index (χ1n) is 7.13. The van der Waals surface area contributed by atoms with Crippen molar-refractivity contribution in [1.82, 2.24) is 0 Å². The van der Waals surface area contributed by atoms with Crippen LogP contribution < -0.4 is 0 Å². The Balaban J connectivity index is 1.85. The van der Waals surface area contributed by atoms with E-state index in [9.17, 15) is 0 Å². The molecule has 3 unspecified atom stereocenters. The molecule has 15 heavy (non-hydrogen) atoms. The molecule has 1 heteroatoms. The molecule has 0 N–H and O–H groups in total. The first-order valence-corrected chi connectivity index (χ1v) is 10.4. The van der Waals surface area contributed by atoms with Crippen molar-refractivity contribution in [2.24, 2.45) is 11.8 Å². The zero-order valence-electron chi connectivity index (χ0n) is 10.9. The Morgan fingerprint density at radius 3 is 2.40 bits per heavy atom. The van der Waals surface area contributed by atoms with Crippen LogP contribution in [0.25, 0.3) is 0 Å². The number of unbranched alkanes of at least 4 members (excludes halogenated alkanes) is 2. The monoisotopic (exact) mass is 224 g/mol. The Hall–Kier alpha value is 0.217. The second-order valence-electron chi connectivity index (χ2n) is 6.73. The molecule has 2 fully saturated rings. The van der Waals surface area contributed by atoms with Crippen LogP contribution in [0.3, 0.4) is 0 Å². The highest BCUT2D eigenvalue weighted by molar-refractivity contribution is 6.78. The largest absolute Gasteiger partial charge is 0.0691 e. The summed E-state index contributed by atoms with van der Waals surface area (Å²) in [6.07, 6.45) is 10.8. The van der Waals surface area contributed by atoms with Gasteiger partial charge in [-0.25, -0.2) is 0 Å². The lowest BCUT2D eigenvalue weighted by atomic mass is 10.0. The predicted octanol–water partition coefficient (Wildman–Crippen LogP) is 5.08. The van der Waals surface area contributed by atoms with Gasteiger partial charge in [-0.05, 0) is 30.2 Å². The molecule has 0 spiro atoms. The van der Waals surface area contributed by atoms with Gasteiger partial charge in [-0.15, -0.1) is 0 Å². The van der Waals surface area contributed by atoms with Crippen molar-refractivity contribution in [2.75, 3.05) is 0 Å². The Kier molecular flexibility index (Phi) is 3.59. The van der Waals surface area contributed by atoms with Crippen LogP contribution in [0.5, 0.6) is 0 Å². The van der Waals surface area contributed by atoms with Gasteiger partial charge in [-0.3, -0.25) is 0 Å². The first-order chi connectivity index (χ1) is 7.13. The number of hydrogen-bond acceptors (Lipinski definition) is 0. The van der Waals surface area contributed by atoms with Gasteiger partial charge >= 0.3 is 0 Å². The standard InChI is InChI=1S/C14H28Si/c1-4-5-6-9-15(2,3)14-11-12-7-8-13(14)10-12/h12-14H,4-11H2,1-3H3. The number of fused-ring (bicyclic) bond motifs is 2. The first kappa shape index (κ1) is 11.7. The Bertz CT molecular complexity index is 209. The third kappa shape index (κ3) is 2.49. The summed E-state index contributed by atoms with van der Waals surface area (Å²) < 4.78 is 0. The fourth-order valence-electron chi connectivity index (χ4n) is 4.22. The van der Waals surface area contributed by atoms with Crippen LogP contribution in [-0.4, -0.2) is 8.07 Å². The number of rotatable bonds is 5. The highest BCUT2D eigenvalue weighted by Gasteiger charge is 2.46. The van der Waals surface area contributed by atoms with E-state index in [2.05, 4.69) is 20.0 Å². The molecule has 0 radical (unpaired) electrons. The van der Waals surface area contributed by atoms with E-state index >= 15 is 0 Å². The van der Waals surface area contributed by atoms with Crippen LogP contribution in [0.2, 0.25) is 24.7 Å². The highest BCUT2D eigenvalue weighted by Crippen LogP contribution is 2.56. The molecule has 2 aliphatic rings. The summed E-state index contributed by atoms with van der Waals surface area (Å²) in [5.74, 6) is 2.32. The van der Waals surface area contributed by atoms with E-state index in [1.165, 1.54) is 30.7 Å². The Morgan fingerprint density at radius 1 is 1.07 bits per heavy atom. The Labute approximate surface area is 96.9 Å². The van der Waals surface area contributed by atoms with Gasteiger partial charge in [-0.1, -0.05) is 58.2 Å². The molecule has 0 aromatic rings. The SMILES string of the molecule is CCCCC[Si](C)(C)C1CC2CCC1C2. The third-order valence-electron chi connectivity index (χ3n) is 5.17. The summed E-state index contributed by atoms with van der Waals surface area (Å²) in [5, 5.41) is 0. The molecule has 2 bridgehead atoms. The molecule has 0 aliphatic heterocycles. The van der Waals surface area contributed by atoms with E-state index in [-0.39, 0.29) is 0 Å². The lowest BCUT2D eigenvalue weighted by molar-refractivity contribution is 0.467. The van der Waals surface area contributed by atoms with E-state index < -0.39 is 8.07 Å². The predicted molar refractivity (Wildman–Crippen MR) is 71.0 cm³/mol. The molecular formula is C14H28Si. The summed E-state index contributed by atoms with van der Waals surface area (Å²) >= 11 is 0. The van der Waals surface area contributed by atoms with Gasteiger partial charge in [-0.2, -0.15) is 0 Å². The second kappa shape index (κ2) is 4.61. The van der Waals surface area contributed by atoms with Crippen LogP contribution >= 0.6 is 0 Å². The van der Waals surface area contributed by atoms with Crippen molar-refractivity contribution in [1.29, 1.82) is 0 Å². The summed E-state index contributed by atoms with van der Waals surface area (Å²) in [6, 6.07) is 1.61. The van der Waals surface area contributed by atoms with Crippen LogP contribution in [-0.2, 0) is 0 Å². The van der Waals surface area contributed by atoms with Gasteiger partial charge in [0, 0.05) is 0 Å². The highest BCUT2D eigenvalue weighted by atomic mass is 28.3. The molecular weight excluding hydrogens is 196 g/mol. The lowest BCUT2D eigenvalue weighted by Gasteiger charge is -2.36. The van der Waals surface area contributed by atoms with Crippen molar-refractivity contribution < 1.29 is 0 Å². The van der Waals surface area contributed by atoms with E-state index in [0.29, 0.717) is 0 Å². The molecule has 3 atom stereocenters. The lowest BCUT2D eigenvalue weighted by Crippen LogP contribution is -2.35. The molecule has 0 aromatic heterocycles. The fourth-order valence-corrected chi connectivity index (χ4v) is 8.30. The van der Waals surface area contributed by atoms with Gasteiger partial charge in [0.15, 0.2) is 0 Å². The maximum atomic E-state index is 2.67. The summed E-state index contributed by atoms with van der Waals surface area (Å²) in [4.78, 5) is 0. The minimum absolute atomic E-state index is 0.861. The Morgan fingerprint density at radius 2 is 1.87 bits per heavy atom. The van der Waals surface area contributed by atoms with E-state index in [4.69, 9.17) is 0 Å². The van der Waals surface area contributed by atoms with Gasteiger partial charge in [0.05, 0.1) is 8.07 Å². The van der Waals surface area contributed by atoms with Crippen LogP contribution in [0.4, 0.5) is 0 Å². The molecule has 2 saturated carbocycles. The quantitative estimate of drug-likeness (QED) is 0.451. The van der Waals surface area contributed by atoms with Gasteiger partial charge in [0.25, 0.3) is 0 Å². The average Bonchev–Trinajstić information content (AvgIpc) is 2.79. The molecule has 2 aliphatic carbocycles. The van der Waals surface area contributed by atoms with Gasteiger partial charge in [0.2, 0.25) is 0 Å². The van der Waals surface area contributed by atoms with Crippen LogP contribution in [0.1, 0.15) is 51.9 Å². The molecule has 0 nitrogen and oxygen atoms in total. The zero-order valence-corrected chi connectivity index (χ0v) is 11.9. The smallest absolute Gasteiger partial charge is 0.0507 e. The number of hydrogen-bond donors (Lipinski definition) is 0. The van der Waals surface area contributed by atoms with Crippen molar-refractivity contribution >= 4 is 8.07 Å². The topological polar surface area (TPSA) is 0 Å². The second-order valence-corrected chi connectivity index (χ2v) is 11.9. The molecule has 0 amide bonds. The van der Waals surface area contributed by atoms with Crippen molar-refractivity contribution in [3.05, 3.63) is 0 Å². The molecule has 2 rings (SSSR count). The van der Waals surface area contributed by atoms with Crippen molar-refractivity contribution in [3.63, 3.8) is 0 Å². The summed E-state index contributed by atoms with van der Waals surface area (Å²) in [7, 11) is -0.861. The summed E-state index contributed by atoms with van der Waals surface area (Å²) in [5.41, 5.74) is 1.20. The normalized spacial score (nSPS) is 35.0.